The van der Waals surface area contributed by atoms with E-state index >= 15 is 0 Å². The number of nitrogens with two attached hydrogens (primary N) is 1. The van der Waals surface area contributed by atoms with Gasteiger partial charge in [-0.05, 0) is 13.0 Å². The van der Waals surface area contributed by atoms with Crippen molar-refractivity contribution < 1.29 is 0 Å². The second kappa shape index (κ2) is 4.25. The first-order valence-electron chi connectivity index (χ1n) is 5.32. The molecule has 0 saturated carbocycles. The van der Waals surface area contributed by atoms with E-state index < -0.39 is 0 Å². The molecule has 0 spiro atoms. The number of hydrogen-bond donors (Lipinski definition) is 1. The van der Waals surface area contributed by atoms with Crippen LogP contribution in [0.5, 0.6) is 0 Å². The number of nitrogen functional groups attached to an aromatic ring is 1. The minimum absolute atomic E-state index is 0.316. The van der Waals surface area contributed by atoms with Crippen LogP contribution in [0, 0.1) is 6.92 Å². The Labute approximate surface area is 112 Å². The Balaban J connectivity index is 2.10. The molecular weight excluding hydrogens is 266 g/mol. The summed E-state index contributed by atoms with van der Waals surface area (Å²) in [5, 5.41) is 6.08. The van der Waals surface area contributed by atoms with Gasteiger partial charge in [-0.1, -0.05) is 11.8 Å². The third-order valence-electron chi connectivity index (χ3n) is 2.39. The van der Waals surface area contributed by atoms with Crippen molar-refractivity contribution in [2.24, 2.45) is 7.05 Å². The molecule has 2 N–H and O–H groups in total. The van der Waals surface area contributed by atoms with Crippen LogP contribution in [-0.2, 0) is 7.05 Å². The standard InChI is InChI=1S/C11H11N5S2/c1-6-3-8-9(17-6)14-11(12)15-10(8)18-7-4-13-16(2)5-7/h3-5H,1-2H3,(H2,12,14,15). The van der Waals surface area contributed by atoms with Gasteiger partial charge in [-0.15, -0.1) is 11.3 Å². The van der Waals surface area contributed by atoms with Gasteiger partial charge in [-0.3, -0.25) is 4.68 Å². The summed E-state index contributed by atoms with van der Waals surface area (Å²) in [5.74, 6) is 0.316. The Hall–Kier alpha value is -1.60. The Kier molecular flexibility index (Phi) is 2.71. The maximum Gasteiger partial charge on any atom is 0.222 e. The Bertz CT molecular complexity index is 715. The van der Waals surface area contributed by atoms with E-state index in [0.717, 1.165) is 20.1 Å². The van der Waals surface area contributed by atoms with Crippen LogP contribution in [0.4, 0.5) is 5.95 Å². The minimum atomic E-state index is 0.316. The van der Waals surface area contributed by atoms with Crippen LogP contribution in [0.1, 0.15) is 4.88 Å². The maximum atomic E-state index is 5.74. The van der Waals surface area contributed by atoms with Gasteiger partial charge >= 0.3 is 0 Å². The summed E-state index contributed by atoms with van der Waals surface area (Å²) in [6, 6.07) is 2.10. The van der Waals surface area contributed by atoms with Gasteiger partial charge in [0.25, 0.3) is 0 Å². The van der Waals surface area contributed by atoms with Crippen molar-refractivity contribution in [2.75, 3.05) is 5.73 Å². The average molecular weight is 277 g/mol. The monoisotopic (exact) mass is 277 g/mol. The van der Waals surface area contributed by atoms with Crippen molar-refractivity contribution in [3.63, 3.8) is 0 Å². The molecule has 0 bridgehead atoms. The lowest BCUT2D eigenvalue weighted by Gasteiger charge is -2.00. The second-order valence-electron chi connectivity index (χ2n) is 3.91. The van der Waals surface area contributed by atoms with E-state index in [4.69, 9.17) is 5.73 Å². The third kappa shape index (κ3) is 2.06. The highest BCUT2D eigenvalue weighted by molar-refractivity contribution is 7.99. The van der Waals surface area contributed by atoms with E-state index in [-0.39, 0.29) is 0 Å². The summed E-state index contributed by atoms with van der Waals surface area (Å²) in [6.07, 6.45) is 3.77. The van der Waals surface area contributed by atoms with E-state index in [1.165, 1.54) is 4.88 Å². The SMILES string of the molecule is Cc1cc2c(Sc3cnn(C)c3)nc(N)nc2s1. The summed E-state index contributed by atoms with van der Waals surface area (Å²) >= 11 is 3.19. The van der Waals surface area contributed by atoms with Crippen LogP contribution in [0.2, 0.25) is 0 Å². The van der Waals surface area contributed by atoms with Crippen molar-refractivity contribution in [1.82, 2.24) is 19.7 Å². The Morgan fingerprint density at radius 3 is 2.94 bits per heavy atom. The quantitative estimate of drug-likeness (QED) is 0.729. The van der Waals surface area contributed by atoms with Crippen molar-refractivity contribution >= 4 is 39.3 Å². The lowest BCUT2D eigenvalue weighted by molar-refractivity contribution is 0.766. The van der Waals surface area contributed by atoms with Gasteiger partial charge in [-0.25, -0.2) is 9.97 Å². The number of nitrogens with zero attached hydrogens (tertiary/aromatic N) is 4. The lowest BCUT2D eigenvalue weighted by Crippen LogP contribution is -1.95. The number of aromatic nitrogens is 4. The van der Waals surface area contributed by atoms with Gasteiger partial charge in [-0.2, -0.15) is 5.10 Å². The molecule has 7 heteroatoms. The largest absolute Gasteiger partial charge is 0.368 e. The molecule has 3 aromatic heterocycles. The molecule has 0 aliphatic rings. The zero-order chi connectivity index (χ0) is 12.7. The molecule has 3 rings (SSSR count). The number of anilines is 1. The molecule has 92 valence electrons. The molecule has 0 unspecified atom stereocenters. The highest BCUT2D eigenvalue weighted by atomic mass is 32.2. The first-order valence-corrected chi connectivity index (χ1v) is 6.95. The van der Waals surface area contributed by atoms with Gasteiger partial charge in [0.1, 0.15) is 9.86 Å². The van der Waals surface area contributed by atoms with Crippen molar-refractivity contribution in [3.05, 3.63) is 23.3 Å². The molecule has 0 atom stereocenters. The fraction of sp³-hybridized carbons (Fsp3) is 0.182. The highest BCUT2D eigenvalue weighted by Crippen LogP contribution is 2.35. The summed E-state index contributed by atoms with van der Waals surface area (Å²) < 4.78 is 1.77. The first-order chi connectivity index (χ1) is 8.61. The number of rotatable bonds is 2. The highest BCUT2D eigenvalue weighted by Gasteiger charge is 2.11. The summed E-state index contributed by atoms with van der Waals surface area (Å²) in [6.45, 7) is 2.06. The number of thiophene rings is 1. The molecule has 0 aliphatic heterocycles. The van der Waals surface area contributed by atoms with Crippen LogP contribution in [0.25, 0.3) is 10.2 Å². The third-order valence-corrected chi connectivity index (χ3v) is 4.29. The zero-order valence-corrected chi connectivity index (χ0v) is 11.5. The van der Waals surface area contributed by atoms with Gasteiger partial charge < -0.3 is 5.73 Å². The first kappa shape index (κ1) is 11.5. The molecular formula is C11H11N5S2. The van der Waals surface area contributed by atoms with E-state index in [9.17, 15) is 0 Å². The van der Waals surface area contributed by atoms with E-state index in [1.54, 1.807) is 27.8 Å². The molecule has 5 nitrogen and oxygen atoms in total. The molecule has 18 heavy (non-hydrogen) atoms. The Morgan fingerprint density at radius 2 is 2.22 bits per heavy atom. The predicted octanol–water partition coefficient (Wildman–Crippen LogP) is 2.47. The topological polar surface area (TPSA) is 69.6 Å². The van der Waals surface area contributed by atoms with E-state index in [1.807, 2.05) is 19.4 Å². The smallest absolute Gasteiger partial charge is 0.222 e. The predicted molar refractivity (Wildman–Crippen MR) is 73.9 cm³/mol. The van der Waals surface area contributed by atoms with E-state index in [2.05, 4.69) is 28.1 Å². The molecule has 3 aromatic rings. The fourth-order valence-electron chi connectivity index (χ4n) is 1.67. The minimum Gasteiger partial charge on any atom is -0.368 e. The summed E-state index contributed by atoms with van der Waals surface area (Å²) in [4.78, 5) is 11.8. The van der Waals surface area contributed by atoms with Crippen LogP contribution >= 0.6 is 23.1 Å². The van der Waals surface area contributed by atoms with Crippen molar-refractivity contribution in [2.45, 2.75) is 16.8 Å². The zero-order valence-electron chi connectivity index (χ0n) is 9.91. The van der Waals surface area contributed by atoms with Gasteiger partial charge in [0.05, 0.1) is 11.1 Å². The molecule has 0 amide bonds. The molecule has 0 radical (unpaired) electrons. The van der Waals surface area contributed by atoms with Crippen molar-refractivity contribution in [1.29, 1.82) is 0 Å². The Morgan fingerprint density at radius 1 is 1.39 bits per heavy atom. The number of fused-ring (bicyclic) bond motifs is 1. The molecule has 0 aliphatic carbocycles. The van der Waals surface area contributed by atoms with Crippen LogP contribution in [-0.4, -0.2) is 19.7 Å². The molecule has 0 fully saturated rings. The average Bonchev–Trinajstić information content (AvgIpc) is 2.84. The van der Waals surface area contributed by atoms with Crippen LogP contribution in [0.3, 0.4) is 0 Å². The lowest BCUT2D eigenvalue weighted by atomic mass is 10.4. The summed E-state index contributed by atoms with van der Waals surface area (Å²) in [5.41, 5.74) is 5.74. The fourth-order valence-corrected chi connectivity index (χ4v) is 3.56. The maximum absolute atomic E-state index is 5.74. The van der Waals surface area contributed by atoms with Gasteiger partial charge in [0.15, 0.2) is 0 Å². The normalized spacial score (nSPS) is 11.2. The van der Waals surface area contributed by atoms with Crippen molar-refractivity contribution in [3.8, 4) is 0 Å². The molecule has 0 aromatic carbocycles. The molecule has 3 heterocycles. The van der Waals surface area contributed by atoms with Crippen LogP contribution < -0.4 is 5.73 Å². The second-order valence-corrected chi connectivity index (χ2v) is 6.21. The van der Waals surface area contributed by atoms with Crippen LogP contribution in [0.15, 0.2) is 28.4 Å². The van der Waals surface area contributed by atoms with Gasteiger partial charge in [0.2, 0.25) is 5.95 Å². The molecule has 0 saturated heterocycles. The number of aryl methyl sites for hydroxylation is 2. The number of hydrogen-bond acceptors (Lipinski definition) is 6. The summed E-state index contributed by atoms with van der Waals surface area (Å²) in [7, 11) is 1.89. The van der Waals surface area contributed by atoms with Gasteiger partial charge in [0, 0.05) is 23.5 Å². The van der Waals surface area contributed by atoms with E-state index in [0.29, 0.717) is 5.95 Å².